The average molecular weight is 221 g/mol. The summed E-state index contributed by atoms with van der Waals surface area (Å²) in [6, 6.07) is 0.727. The van der Waals surface area contributed by atoms with Crippen molar-refractivity contribution in [1.29, 1.82) is 0 Å². The van der Waals surface area contributed by atoms with Crippen LogP contribution in [0.25, 0.3) is 0 Å². The lowest BCUT2D eigenvalue weighted by molar-refractivity contribution is 0.585. The van der Waals surface area contributed by atoms with Crippen molar-refractivity contribution in [1.82, 2.24) is 14.8 Å². The second-order valence-electron chi connectivity index (χ2n) is 4.90. The van der Waals surface area contributed by atoms with Crippen molar-refractivity contribution in [3.05, 3.63) is 12.2 Å². The molecular weight excluding hydrogens is 198 g/mol. The Labute approximate surface area is 98.3 Å². The third-order valence-corrected chi connectivity index (χ3v) is 3.34. The highest BCUT2D eigenvalue weighted by atomic mass is 15.3. The Kier molecular flexibility index (Phi) is 4.37. The molecule has 1 aliphatic carbocycles. The van der Waals surface area contributed by atoms with Gasteiger partial charge in [-0.1, -0.05) is 39.0 Å². The van der Waals surface area contributed by atoms with Crippen molar-refractivity contribution in [3.63, 3.8) is 0 Å². The molecule has 0 atom stereocenters. The number of nitrogens with zero attached hydrogens (tertiary/aromatic N) is 3. The molecule has 1 aromatic rings. The van der Waals surface area contributed by atoms with E-state index in [2.05, 4.69) is 21.7 Å². The maximum absolute atomic E-state index is 4.22. The fourth-order valence-corrected chi connectivity index (χ4v) is 2.17. The van der Waals surface area contributed by atoms with Gasteiger partial charge in [-0.15, -0.1) is 10.2 Å². The molecule has 2 rings (SSSR count). The monoisotopic (exact) mass is 221 g/mol. The van der Waals surface area contributed by atoms with E-state index >= 15 is 0 Å². The number of rotatable bonds is 8. The number of hydrogen-bond donors (Lipinski definition) is 0. The molecular formula is C13H23N3. The zero-order valence-electron chi connectivity index (χ0n) is 10.4. The van der Waals surface area contributed by atoms with Crippen molar-refractivity contribution in [2.75, 3.05) is 0 Å². The lowest BCUT2D eigenvalue weighted by Crippen LogP contribution is -2.00. The molecule has 0 saturated heterocycles. The SMILES string of the molecule is CCCCCCCCc1nncn1C1CC1. The van der Waals surface area contributed by atoms with Crippen LogP contribution in [0, 0.1) is 0 Å². The average Bonchev–Trinajstić information content (AvgIpc) is 3.04. The van der Waals surface area contributed by atoms with Gasteiger partial charge in [0.2, 0.25) is 0 Å². The van der Waals surface area contributed by atoms with Gasteiger partial charge >= 0.3 is 0 Å². The number of hydrogen-bond acceptors (Lipinski definition) is 2. The Morgan fingerprint density at radius 3 is 2.69 bits per heavy atom. The Hall–Kier alpha value is -0.860. The van der Waals surface area contributed by atoms with Gasteiger partial charge in [-0.3, -0.25) is 0 Å². The van der Waals surface area contributed by atoms with Gasteiger partial charge in [0.25, 0.3) is 0 Å². The predicted octanol–water partition coefficient (Wildman–Crippen LogP) is 3.52. The van der Waals surface area contributed by atoms with E-state index < -0.39 is 0 Å². The summed E-state index contributed by atoms with van der Waals surface area (Å²) < 4.78 is 2.28. The first-order chi connectivity index (χ1) is 7.92. The fourth-order valence-electron chi connectivity index (χ4n) is 2.17. The predicted molar refractivity (Wildman–Crippen MR) is 65.4 cm³/mol. The van der Waals surface area contributed by atoms with Gasteiger partial charge in [-0.2, -0.15) is 0 Å². The molecule has 1 aliphatic rings. The molecule has 0 N–H and O–H groups in total. The third-order valence-electron chi connectivity index (χ3n) is 3.34. The van der Waals surface area contributed by atoms with Crippen LogP contribution in [0.2, 0.25) is 0 Å². The second kappa shape index (κ2) is 6.02. The van der Waals surface area contributed by atoms with Gasteiger partial charge in [0.15, 0.2) is 0 Å². The molecule has 0 radical (unpaired) electrons. The van der Waals surface area contributed by atoms with E-state index in [4.69, 9.17) is 0 Å². The van der Waals surface area contributed by atoms with Crippen LogP contribution in [0.4, 0.5) is 0 Å². The minimum absolute atomic E-state index is 0.727. The number of aryl methyl sites for hydroxylation is 1. The van der Waals surface area contributed by atoms with Gasteiger partial charge < -0.3 is 4.57 Å². The summed E-state index contributed by atoms with van der Waals surface area (Å²) in [5.74, 6) is 1.21. The maximum atomic E-state index is 4.22. The van der Waals surface area contributed by atoms with E-state index in [0.717, 1.165) is 12.5 Å². The lowest BCUT2D eigenvalue weighted by atomic mass is 10.1. The Morgan fingerprint density at radius 1 is 1.19 bits per heavy atom. The molecule has 90 valence electrons. The van der Waals surface area contributed by atoms with Gasteiger partial charge in [0.1, 0.15) is 12.2 Å². The van der Waals surface area contributed by atoms with Gasteiger partial charge in [-0.25, -0.2) is 0 Å². The molecule has 0 unspecified atom stereocenters. The summed E-state index contributed by atoms with van der Waals surface area (Å²) in [7, 11) is 0. The molecule has 1 fully saturated rings. The minimum Gasteiger partial charge on any atom is -0.314 e. The molecule has 0 amide bonds. The number of unbranched alkanes of at least 4 members (excludes halogenated alkanes) is 5. The van der Waals surface area contributed by atoms with Crippen molar-refractivity contribution >= 4 is 0 Å². The standard InChI is InChI=1S/C13H23N3/c1-2-3-4-5-6-7-8-13-15-14-11-16(13)12-9-10-12/h11-12H,2-10H2,1H3. The second-order valence-corrected chi connectivity index (χ2v) is 4.90. The van der Waals surface area contributed by atoms with Crippen LogP contribution in [0.1, 0.15) is 70.2 Å². The van der Waals surface area contributed by atoms with E-state index in [1.54, 1.807) is 0 Å². The van der Waals surface area contributed by atoms with E-state index in [1.807, 2.05) is 6.33 Å². The van der Waals surface area contributed by atoms with Gasteiger partial charge in [-0.05, 0) is 19.3 Å². The molecule has 16 heavy (non-hydrogen) atoms. The fraction of sp³-hybridized carbons (Fsp3) is 0.846. The zero-order valence-corrected chi connectivity index (χ0v) is 10.4. The summed E-state index contributed by atoms with van der Waals surface area (Å²) in [6.45, 7) is 2.26. The van der Waals surface area contributed by atoms with Crippen LogP contribution in [0.3, 0.4) is 0 Å². The Balaban J connectivity index is 1.63. The van der Waals surface area contributed by atoms with Crippen LogP contribution in [0.15, 0.2) is 6.33 Å². The molecule has 0 spiro atoms. The first-order valence-corrected chi connectivity index (χ1v) is 6.80. The van der Waals surface area contributed by atoms with Crippen LogP contribution in [-0.4, -0.2) is 14.8 Å². The highest BCUT2D eigenvalue weighted by Gasteiger charge is 2.25. The van der Waals surface area contributed by atoms with Crippen molar-refractivity contribution in [2.45, 2.75) is 70.8 Å². The summed E-state index contributed by atoms with van der Waals surface area (Å²) in [4.78, 5) is 0. The Morgan fingerprint density at radius 2 is 1.94 bits per heavy atom. The van der Waals surface area contributed by atoms with E-state index in [1.165, 1.54) is 57.2 Å². The highest BCUT2D eigenvalue weighted by molar-refractivity contribution is 4.94. The molecule has 0 aromatic carbocycles. The molecule has 0 aliphatic heterocycles. The van der Waals surface area contributed by atoms with Crippen molar-refractivity contribution in [3.8, 4) is 0 Å². The quantitative estimate of drug-likeness (QED) is 0.629. The van der Waals surface area contributed by atoms with E-state index in [0.29, 0.717) is 0 Å². The molecule has 3 heteroatoms. The topological polar surface area (TPSA) is 30.7 Å². The van der Waals surface area contributed by atoms with Crippen LogP contribution in [0.5, 0.6) is 0 Å². The Bertz CT molecular complexity index is 302. The van der Waals surface area contributed by atoms with E-state index in [-0.39, 0.29) is 0 Å². The minimum atomic E-state index is 0.727. The van der Waals surface area contributed by atoms with Crippen molar-refractivity contribution < 1.29 is 0 Å². The zero-order chi connectivity index (χ0) is 11.2. The molecule has 0 bridgehead atoms. The highest BCUT2D eigenvalue weighted by Crippen LogP contribution is 2.35. The molecule has 3 nitrogen and oxygen atoms in total. The molecule has 1 aromatic heterocycles. The van der Waals surface area contributed by atoms with E-state index in [9.17, 15) is 0 Å². The summed E-state index contributed by atoms with van der Waals surface area (Å²) in [5.41, 5.74) is 0. The summed E-state index contributed by atoms with van der Waals surface area (Å²) >= 11 is 0. The smallest absolute Gasteiger partial charge is 0.133 e. The van der Waals surface area contributed by atoms with Crippen LogP contribution in [-0.2, 0) is 6.42 Å². The summed E-state index contributed by atoms with van der Waals surface area (Å²) in [5, 5.41) is 8.25. The van der Waals surface area contributed by atoms with Gasteiger partial charge in [0.05, 0.1) is 0 Å². The van der Waals surface area contributed by atoms with Crippen molar-refractivity contribution in [2.24, 2.45) is 0 Å². The van der Waals surface area contributed by atoms with Gasteiger partial charge in [0, 0.05) is 12.5 Å². The first-order valence-electron chi connectivity index (χ1n) is 6.80. The largest absolute Gasteiger partial charge is 0.314 e. The third kappa shape index (κ3) is 3.32. The summed E-state index contributed by atoms with van der Waals surface area (Å²) in [6.07, 6.45) is 13.8. The lowest BCUT2D eigenvalue weighted by Gasteiger charge is -2.04. The first kappa shape index (κ1) is 11.6. The van der Waals surface area contributed by atoms with Crippen LogP contribution < -0.4 is 0 Å². The molecule has 1 heterocycles. The normalized spacial score (nSPS) is 15.6. The van der Waals surface area contributed by atoms with Crippen LogP contribution >= 0.6 is 0 Å². The maximum Gasteiger partial charge on any atom is 0.133 e. The number of aromatic nitrogens is 3. The molecule has 1 saturated carbocycles.